The third kappa shape index (κ3) is 3.15. The van der Waals surface area contributed by atoms with E-state index in [-0.39, 0.29) is 17.7 Å². The highest BCUT2D eigenvalue weighted by atomic mass is 19.1. The fraction of sp³-hybridized carbons (Fsp3) is 0.533. The first-order valence-electron chi connectivity index (χ1n) is 6.98. The van der Waals surface area contributed by atoms with E-state index in [1.807, 2.05) is 0 Å². The first kappa shape index (κ1) is 14.9. The largest absolute Gasteiger partial charge is 0.349 e. The zero-order valence-electron chi connectivity index (χ0n) is 11.5. The average Bonchev–Trinajstić information content (AvgIpc) is 2.86. The Morgan fingerprint density at radius 3 is 2.85 bits per heavy atom. The third-order valence-electron chi connectivity index (χ3n) is 4.09. The number of halogens is 2. The molecule has 0 aliphatic heterocycles. The van der Waals surface area contributed by atoms with E-state index in [0.717, 1.165) is 25.3 Å². The standard InChI is InChI=1S/C15H20F2N2O/c1-9(12-6-5-11(16)7-14(12)17)19-15(20)13-4-2-3-10(13)8-18/h5-7,9-10,13H,2-4,8,18H2,1H3,(H,19,20)/t9-,10-,13-/m1/s1. The van der Waals surface area contributed by atoms with Crippen LogP contribution in [0.4, 0.5) is 8.78 Å². The lowest BCUT2D eigenvalue weighted by Gasteiger charge is -2.21. The molecule has 1 aliphatic carbocycles. The first-order valence-corrected chi connectivity index (χ1v) is 6.98. The fourth-order valence-electron chi connectivity index (χ4n) is 2.91. The summed E-state index contributed by atoms with van der Waals surface area (Å²) in [5.41, 5.74) is 5.96. The van der Waals surface area contributed by atoms with Crippen LogP contribution in [0.1, 0.15) is 37.8 Å². The Morgan fingerprint density at radius 1 is 1.45 bits per heavy atom. The molecule has 0 heterocycles. The molecule has 2 rings (SSSR count). The quantitative estimate of drug-likeness (QED) is 0.891. The van der Waals surface area contributed by atoms with Crippen molar-refractivity contribution in [1.82, 2.24) is 5.32 Å². The van der Waals surface area contributed by atoms with Gasteiger partial charge >= 0.3 is 0 Å². The van der Waals surface area contributed by atoms with Crippen molar-refractivity contribution in [3.8, 4) is 0 Å². The zero-order chi connectivity index (χ0) is 14.7. The lowest BCUT2D eigenvalue weighted by Crippen LogP contribution is -2.36. The maximum atomic E-state index is 13.7. The van der Waals surface area contributed by atoms with E-state index in [2.05, 4.69) is 5.32 Å². The van der Waals surface area contributed by atoms with Crippen LogP contribution in [0.15, 0.2) is 18.2 Å². The molecule has 1 saturated carbocycles. The molecule has 1 aromatic rings. The third-order valence-corrected chi connectivity index (χ3v) is 4.09. The second-order valence-electron chi connectivity index (χ2n) is 5.43. The maximum Gasteiger partial charge on any atom is 0.223 e. The molecule has 3 atom stereocenters. The van der Waals surface area contributed by atoms with E-state index in [4.69, 9.17) is 5.73 Å². The van der Waals surface area contributed by atoms with E-state index < -0.39 is 17.7 Å². The van der Waals surface area contributed by atoms with Crippen LogP contribution in [0.5, 0.6) is 0 Å². The Balaban J connectivity index is 2.03. The zero-order valence-corrected chi connectivity index (χ0v) is 11.5. The van der Waals surface area contributed by atoms with Crippen LogP contribution in [-0.4, -0.2) is 12.5 Å². The molecule has 1 amide bonds. The van der Waals surface area contributed by atoms with Gasteiger partial charge in [-0.05, 0) is 38.3 Å². The van der Waals surface area contributed by atoms with Gasteiger partial charge in [0.1, 0.15) is 11.6 Å². The molecule has 0 unspecified atom stereocenters. The van der Waals surface area contributed by atoms with Gasteiger partial charge in [0, 0.05) is 17.5 Å². The summed E-state index contributed by atoms with van der Waals surface area (Å²) < 4.78 is 26.5. The van der Waals surface area contributed by atoms with Crippen LogP contribution < -0.4 is 11.1 Å². The van der Waals surface area contributed by atoms with Crippen molar-refractivity contribution in [3.63, 3.8) is 0 Å². The Kier molecular flexibility index (Phi) is 4.70. The van der Waals surface area contributed by atoms with Crippen LogP contribution in [0, 0.1) is 23.5 Å². The molecule has 5 heteroatoms. The summed E-state index contributed by atoms with van der Waals surface area (Å²) in [6, 6.07) is 2.90. The summed E-state index contributed by atoms with van der Waals surface area (Å²) in [4.78, 5) is 12.2. The number of benzene rings is 1. The Morgan fingerprint density at radius 2 is 2.20 bits per heavy atom. The SMILES string of the molecule is C[C@@H](NC(=O)[C@@H]1CCC[C@@H]1CN)c1ccc(F)cc1F. The van der Waals surface area contributed by atoms with Gasteiger partial charge in [-0.1, -0.05) is 12.5 Å². The van der Waals surface area contributed by atoms with Crippen molar-refractivity contribution in [3.05, 3.63) is 35.4 Å². The minimum absolute atomic E-state index is 0.0887. The summed E-state index contributed by atoms with van der Waals surface area (Å²) >= 11 is 0. The normalized spacial score (nSPS) is 23.6. The van der Waals surface area contributed by atoms with Crippen molar-refractivity contribution in [2.24, 2.45) is 17.6 Å². The van der Waals surface area contributed by atoms with Crippen LogP contribution in [0.3, 0.4) is 0 Å². The van der Waals surface area contributed by atoms with Gasteiger partial charge in [-0.2, -0.15) is 0 Å². The predicted molar refractivity (Wildman–Crippen MR) is 72.8 cm³/mol. The molecule has 1 fully saturated rings. The Labute approximate surface area is 117 Å². The van der Waals surface area contributed by atoms with E-state index in [0.29, 0.717) is 12.1 Å². The lowest BCUT2D eigenvalue weighted by atomic mass is 9.94. The topological polar surface area (TPSA) is 55.1 Å². The second-order valence-corrected chi connectivity index (χ2v) is 5.43. The van der Waals surface area contributed by atoms with Crippen molar-refractivity contribution in [2.45, 2.75) is 32.2 Å². The number of carbonyl (C=O) groups is 1. The van der Waals surface area contributed by atoms with Crippen molar-refractivity contribution in [2.75, 3.05) is 6.54 Å². The molecule has 0 saturated heterocycles. The van der Waals surface area contributed by atoms with Gasteiger partial charge in [0.15, 0.2) is 0 Å². The maximum absolute atomic E-state index is 13.7. The van der Waals surface area contributed by atoms with Crippen LogP contribution in [0.2, 0.25) is 0 Å². The van der Waals surface area contributed by atoms with Crippen molar-refractivity contribution < 1.29 is 13.6 Å². The number of nitrogens with two attached hydrogens (primary N) is 1. The fourth-order valence-corrected chi connectivity index (χ4v) is 2.91. The van der Waals surface area contributed by atoms with Crippen LogP contribution in [-0.2, 0) is 4.79 Å². The number of amides is 1. The smallest absolute Gasteiger partial charge is 0.223 e. The molecule has 0 aromatic heterocycles. The molecular weight excluding hydrogens is 262 g/mol. The highest BCUT2D eigenvalue weighted by molar-refractivity contribution is 5.79. The van der Waals surface area contributed by atoms with Gasteiger partial charge in [-0.25, -0.2) is 8.78 Å². The molecule has 3 nitrogen and oxygen atoms in total. The van der Waals surface area contributed by atoms with E-state index in [1.54, 1.807) is 6.92 Å². The summed E-state index contributed by atoms with van der Waals surface area (Å²) in [6.45, 7) is 2.19. The van der Waals surface area contributed by atoms with E-state index >= 15 is 0 Å². The minimum Gasteiger partial charge on any atom is -0.349 e. The molecule has 20 heavy (non-hydrogen) atoms. The summed E-state index contributed by atoms with van der Waals surface area (Å²) in [5.74, 6) is -1.23. The van der Waals surface area contributed by atoms with E-state index in [9.17, 15) is 13.6 Å². The van der Waals surface area contributed by atoms with Crippen LogP contribution in [0.25, 0.3) is 0 Å². The van der Waals surface area contributed by atoms with Gasteiger partial charge in [0.25, 0.3) is 0 Å². The number of carbonyl (C=O) groups excluding carboxylic acids is 1. The first-order chi connectivity index (χ1) is 9.52. The molecule has 110 valence electrons. The minimum atomic E-state index is -0.639. The van der Waals surface area contributed by atoms with Crippen LogP contribution >= 0.6 is 0 Å². The molecule has 0 radical (unpaired) electrons. The monoisotopic (exact) mass is 282 g/mol. The summed E-state index contributed by atoms with van der Waals surface area (Å²) in [7, 11) is 0. The second kappa shape index (κ2) is 6.31. The Hall–Kier alpha value is -1.49. The van der Waals surface area contributed by atoms with Gasteiger partial charge in [0.2, 0.25) is 5.91 Å². The number of hydrogen-bond acceptors (Lipinski definition) is 2. The molecule has 1 aromatic carbocycles. The highest BCUT2D eigenvalue weighted by Gasteiger charge is 2.32. The van der Waals surface area contributed by atoms with E-state index in [1.165, 1.54) is 12.1 Å². The van der Waals surface area contributed by atoms with Crippen molar-refractivity contribution in [1.29, 1.82) is 0 Å². The Bertz CT molecular complexity index is 493. The molecule has 0 spiro atoms. The molecule has 1 aliphatic rings. The molecule has 0 bridgehead atoms. The predicted octanol–water partition coefficient (Wildman–Crippen LogP) is 2.52. The van der Waals surface area contributed by atoms with Gasteiger partial charge < -0.3 is 11.1 Å². The van der Waals surface area contributed by atoms with Gasteiger partial charge in [-0.15, -0.1) is 0 Å². The lowest BCUT2D eigenvalue weighted by molar-refractivity contribution is -0.126. The van der Waals surface area contributed by atoms with Crippen molar-refractivity contribution >= 4 is 5.91 Å². The average molecular weight is 282 g/mol. The molecule has 3 N–H and O–H groups in total. The summed E-state index contributed by atoms with van der Waals surface area (Å²) in [6.07, 6.45) is 2.79. The molecular formula is C15H20F2N2O. The van der Waals surface area contributed by atoms with Gasteiger partial charge in [-0.3, -0.25) is 4.79 Å². The number of rotatable bonds is 4. The number of hydrogen-bond donors (Lipinski definition) is 2. The highest BCUT2D eigenvalue weighted by Crippen LogP contribution is 2.31. The number of nitrogens with one attached hydrogen (secondary N) is 1. The van der Waals surface area contributed by atoms with Gasteiger partial charge in [0.05, 0.1) is 6.04 Å². The summed E-state index contributed by atoms with van der Waals surface area (Å²) in [5, 5.41) is 2.81.